The average Bonchev–Trinajstić information content (AvgIpc) is 2.91. The third-order valence-electron chi connectivity index (χ3n) is 3.22. The molecule has 0 fully saturated rings. The molecule has 2 aromatic rings. The van der Waals surface area contributed by atoms with Gasteiger partial charge in [0.25, 0.3) is 0 Å². The van der Waals surface area contributed by atoms with Gasteiger partial charge in [-0.25, -0.2) is 0 Å². The Morgan fingerprint density at radius 2 is 2.24 bits per heavy atom. The van der Waals surface area contributed by atoms with Crippen LogP contribution in [0.15, 0.2) is 42.7 Å². The van der Waals surface area contributed by atoms with E-state index in [1.165, 1.54) is 5.56 Å². The topological polar surface area (TPSA) is 39.1 Å². The summed E-state index contributed by atoms with van der Waals surface area (Å²) in [6.07, 6.45) is 3.78. The Balaban J connectivity index is 2.00. The van der Waals surface area contributed by atoms with Gasteiger partial charge >= 0.3 is 0 Å². The molecule has 1 N–H and O–H groups in total. The van der Waals surface area contributed by atoms with Gasteiger partial charge in [0.15, 0.2) is 0 Å². The molecule has 4 heteroatoms. The van der Waals surface area contributed by atoms with Gasteiger partial charge in [-0.15, -0.1) is 0 Å². The number of hydrogen-bond acceptors (Lipinski definition) is 3. The van der Waals surface area contributed by atoms with E-state index in [4.69, 9.17) is 4.74 Å². The number of rotatable bonds is 2. The van der Waals surface area contributed by atoms with Crippen molar-refractivity contribution < 1.29 is 4.74 Å². The standard InChI is InChI=1S/C13H15N3O/c1-14-13-10-5-2-3-6-12(10)17-9-11(13)16-8-4-7-15-16/h2-8,11,13-14H,9H2,1H3. The molecule has 1 aliphatic heterocycles. The molecule has 1 aliphatic rings. The summed E-state index contributed by atoms with van der Waals surface area (Å²) in [5.41, 5.74) is 1.20. The summed E-state index contributed by atoms with van der Waals surface area (Å²) in [4.78, 5) is 0. The highest BCUT2D eigenvalue weighted by Gasteiger charge is 2.31. The molecule has 0 saturated carbocycles. The molecule has 0 aliphatic carbocycles. The Labute approximate surface area is 100 Å². The van der Waals surface area contributed by atoms with E-state index in [1.54, 1.807) is 6.20 Å². The van der Waals surface area contributed by atoms with Crippen molar-refractivity contribution in [1.29, 1.82) is 0 Å². The van der Waals surface area contributed by atoms with Crippen LogP contribution >= 0.6 is 0 Å². The highest BCUT2D eigenvalue weighted by Crippen LogP contribution is 2.36. The molecule has 0 amide bonds. The molecule has 88 valence electrons. The predicted octanol–water partition coefficient (Wildman–Crippen LogP) is 1.78. The predicted molar refractivity (Wildman–Crippen MR) is 65.0 cm³/mol. The van der Waals surface area contributed by atoms with Crippen LogP contribution in [0.1, 0.15) is 17.6 Å². The normalized spacial score (nSPS) is 22.9. The zero-order valence-electron chi connectivity index (χ0n) is 9.71. The van der Waals surface area contributed by atoms with Crippen LogP contribution in [0.25, 0.3) is 0 Å². The first-order valence-electron chi connectivity index (χ1n) is 5.78. The van der Waals surface area contributed by atoms with E-state index in [0.717, 1.165) is 5.75 Å². The lowest BCUT2D eigenvalue weighted by Gasteiger charge is -2.33. The first-order chi connectivity index (χ1) is 8.40. The van der Waals surface area contributed by atoms with Gasteiger partial charge in [0.2, 0.25) is 0 Å². The molecule has 0 radical (unpaired) electrons. The molecular weight excluding hydrogens is 214 g/mol. The lowest BCUT2D eigenvalue weighted by atomic mass is 9.96. The van der Waals surface area contributed by atoms with E-state index < -0.39 is 0 Å². The molecular formula is C13H15N3O. The molecule has 2 atom stereocenters. The van der Waals surface area contributed by atoms with Gasteiger partial charge < -0.3 is 10.1 Å². The number of nitrogens with one attached hydrogen (secondary N) is 1. The SMILES string of the molecule is CNC1c2ccccc2OCC1n1cccn1. The number of ether oxygens (including phenoxy) is 1. The fraction of sp³-hybridized carbons (Fsp3) is 0.308. The van der Waals surface area contributed by atoms with Gasteiger partial charge in [0.05, 0.1) is 6.04 Å². The molecule has 2 heterocycles. The third-order valence-corrected chi connectivity index (χ3v) is 3.22. The number of benzene rings is 1. The highest BCUT2D eigenvalue weighted by atomic mass is 16.5. The van der Waals surface area contributed by atoms with Crippen molar-refractivity contribution in [3.63, 3.8) is 0 Å². The monoisotopic (exact) mass is 229 g/mol. The molecule has 3 rings (SSSR count). The van der Waals surface area contributed by atoms with Crippen molar-refractivity contribution in [2.45, 2.75) is 12.1 Å². The van der Waals surface area contributed by atoms with Crippen LogP contribution in [0.4, 0.5) is 0 Å². The van der Waals surface area contributed by atoms with E-state index >= 15 is 0 Å². The van der Waals surface area contributed by atoms with E-state index in [-0.39, 0.29) is 12.1 Å². The number of fused-ring (bicyclic) bond motifs is 1. The van der Waals surface area contributed by atoms with Crippen molar-refractivity contribution in [2.75, 3.05) is 13.7 Å². The summed E-state index contributed by atoms with van der Waals surface area (Å²) in [6.45, 7) is 0.643. The Bertz CT molecular complexity index is 495. The molecule has 1 aromatic heterocycles. The summed E-state index contributed by atoms with van der Waals surface area (Å²) >= 11 is 0. The average molecular weight is 229 g/mol. The number of likely N-dealkylation sites (N-methyl/N-ethyl adjacent to an activating group) is 1. The summed E-state index contributed by atoms with van der Waals surface area (Å²) in [5, 5.41) is 7.67. The fourth-order valence-corrected chi connectivity index (χ4v) is 2.40. The second-order valence-corrected chi connectivity index (χ2v) is 4.17. The van der Waals surface area contributed by atoms with Crippen molar-refractivity contribution >= 4 is 0 Å². The molecule has 0 saturated heterocycles. The maximum Gasteiger partial charge on any atom is 0.124 e. The quantitative estimate of drug-likeness (QED) is 0.853. The maximum atomic E-state index is 5.79. The zero-order valence-corrected chi connectivity index (χ0v) is 9.71. The summed E-state index contributed by atoms with van der Waals surface area (Å²) in [5.74, 6) is 0.968. The van der Waals surface area contributed by atoms with Crippen molar-refractivity contribution in [3.8, 4) is 5.75 Å². The largest absolute Gasteiger partial charge is 0.491 e. The second-order valence-electron chi connectivity index (χ2n) is 4.17. The zero-order chi connectivity index (χ0) is 11.7. The molecule has 0 spiro atoms. The highest BCUT2D eigenvalue weighted by molar-refractivity contribution is 5.38. The van der Waals surface area contributed by atoms with E-state index in [2.05, 4.69) is 16.5 Å². The number of nitrogens with zero attached hydrogens (tertiary/aromatic N) is 2. The van der Waals surface area contributed by atoms with Crippen LogP contribution in [0.3, 0.4) is 0 Å². The summed E-state index contributed by atoms with van der Waals surface area (Å²) in [7, 11) is 1.98. The summed E-state index contributed by atoms with van der Waals surface area (Å²) in [6, 6.07) is 10.5. The first kappa shape index (κ1) is 10.4. The summed E-state index contributed by atoms with van der Waals surface area (Å²) < 4.78 is 7.75. The maximum absolute atomic E-state index is 5.79. The minimum atomic E-state index is 0.199. The number of hydrogen-bond donors (Lipinski definition) is 1. The minimum Gasteiger partial charge on any atom is -0.491 e. The van der Waals surface area contributed by atoms with Crippen LogP contribution in [0.2, 0.25) is 0 Å². The van der Waals surface area contributed by atoms with Gasteiger partial charge in [0.1, 0.15) is 18.4 Å². The van der Waals surface area contributed by atoms with Crippen molar-refractivity contribution in [1.82, 2.24) is 15.1 Å². The molecule has 4 nitrogen and oxygen atoms in total. The number of para-hydroxylation sites is 1. The third kappa shape index (κ3) is 1.70. The number of aromatic nitrogens is 2. The van der Waals surface area contributed by atoms with Crippen LogP contribution in [-0.2, 0) is 0 Å². The Kier molecular flexibility index (Phi) is 2.57. The van der Waals surface area contributed by atoms with Gasteiger partial charge in [-0.3, -0.25) is 4.68 Å². The van der Waals surface area contributed by atoms with Crippen LogP contribution in [-0.4, -0.2) is 23.4 Å². The van der Waals surface area contributed by atoms with Crippen molar-refractivity contribution in [2.24, 2.45) is 0 Å². The first-order valence-corrected chi connectivity index (χ1v) is 5.78. The van der Waals surface area contributed by atoms with Crippen LogP contribution in [0.5, 0.6) is 5.75 Å². The fourth-order valence-electron chi connectivity index (χ4n) is 2.40. The lowest BCUT2D eigenvalue weighted by molar-refractivity contribution is 0.174. The Hall–Kier alpha value is -1.81. The lowest BCUT2D eigenvalue weighted by Crippen LogP contribution is -2.35. The smallest absolute Gasteiger partial charge is 0.124 e. The van der Waals surface area contributed by atoms with E-state index in [9.17, 15) is 0 Å². The van der Waals surface area contributed by atoms with Gasteiger partial charge in [-0.2, -0.15) is 5.10 Å². The second kappa shape index (κ2) is 4.22. The molecule has 1 aromatic carbocycles. The van der Waals surface area contributed by atoms with Gasteiger partial charge in [-0.05, 0) is 19.2 Å². The van der Waals surface area contributed by atoms with Crippen LogP contribution in [0, 0.1) is 0 Å². The Morgan fingerprint density at radius 3 is 3.00 bits per heavy atom. The molecule has 2 unspecified atom stereocenters. The molecule has 0 bridgehead atoms. The minimum absolute atomic E-state index is 0.199. The van der Waals surface area contributed by atoms with Crippen molar-refractivity contribution in [3.05, 3.63) is 48.3 Å². The van der Waals surface area contributed by atoms with E-state index in [1.807, 2.05) is 42.2 Å². The van der Waals surface area contributed by atoms with E-state index in [0.29, 0.717) is 6.61 Å². The van der Waals surface area contributed by atoms with Crippen LogP contribution < -0.4 is 10.1 Å². The van der Waals surface area contributed by atoms with Gasteiger partial charge in [-0.1, -0.05) is 18.2 Å². The van der Waals surface area contributed by atoms with Gasteiger partial charge in [0, 0.05) is 18.0 Å². The Morgan fingerprint density at radius 1 is 1.35 bits per heavy atom. The molecule has 17 heavy (non-hydrogen) atoms.